The Bertz CT molecular complexity index is 1140. The average Bonchev–Trinajstić information content (AvgIpc) is 2.68. The maximum absolute atomic E-state index is 14.8. The molecule has 0 atom stereocenters. The van der Waals surface area contributed by atoms with Crippen LogP contribution in [0.4, 0.5) is 10.1 Å². The third-order valence-corrected chi connectivity index (χ3v) is 4.39. The highest BCUT2D eigenvalue weighted by Gasteiger charge is 2.19. The Hall–Kier alpha value is -3.55. The van der Waals surface area contributed by atoms with Crippen molar-refractivity contribution >= 4 is 22.6 Å². The summed E-state index contributed by atoms with van der Waals surface area (Å²) in [4.78, 5) is 35.0. The lowest BCUT2D eigenvalue weighted by molar-refractivity contribution is -0.384. The maximum Gasteiger partial charge on any atom is 0.343 e. The van der Waals surface area contributed by atoms with Gasteiger partial charge in [-0.25, -0.2) is 9.18 Å². The van der Waals surface area contributed by atoms with Crippen LogP contribution in [0.5, 0.6) is 0 Å². The second-order valence-corrected chi connectivity index (χ2v) is 6.03. The zero-order valence-electron chi connectivity index (χ0n) is 15.3. The van der Waals surface area contributed by atoms with Gasteiger partial charge in [-0.15, -0.1) is 0 Å². The lowest BCUT2D eigenvalue weighted by Crippen LogP contribution is -2.21. The van der Waals surface area contributed by atoms with E-state index in [1.165, 1.54) is 36.5 Å². The van der Waals surface area contributed by atoms with E-state index < -0.39 is 22.1 Å². The first-order valence-corrected chi connectivity index (χ1v) is 8.66. The number of benzene rings is 2. The Morgan fingerprint density at radius 2 is 1.89 bits per heavy atom. The van der Waals surface area contributed by atoms with Crippen LogP contribution in [0, 0.1) is 15.9 Å². The molecule has 7 nitrogen and oxygen atoms in total. The number of carbonyl (C=O) groups excluding carboxylic acids is 1. The van der Waals surface area contributed by atoms with Crippen molar-refractivity contribution in [2.45, 2.75) is 20.4 Å². The molecule has 0 unspecified atom stereocenters. The standard InChI is InChI=1S/C20H17FN2O5/c1-3-22-11-16(20(25)28-4-2)19(24)15-9-17(21)14(10-18(15)22)12-5-7-13(8-6-12)23(26)27/h5-11H,3-4H2,1-2H3. The van der Waals surface area contributed by atoms with Crippen molar-refractivity contribution in [1.29, 1.82) is 0 Å². The van der Waals surface area contributed by atoms with Crippen molar-refractivity contribution in [3.63, 3.8) is 0 Å². The first-order chi connectivity index (χ1) is 13.4. The van der Waals surface area contributed by atoms with E-state index in [0.29, 0.717) is 17.6 Å². The van der Waals surface area contributed by atoms with Gasteiger partial charge in [-0.3, -0.25) is 14.9 Å². The molecule has 3 aromatic rings. The first-order valence-electron chi connectivity index (χ1n) is 8.66. The van der Waals surface area contributed by atoms with Crippen LogP contribution in [-0.2, 0) is 11.3 Å². The van der Waals surface area contributed by atoms with E-state index in [9.17, 15) is 24.1 Å². The van der Waals surface area contributed by atoms with Gasteiger partial charge in [0.15, 0.2) is 0 Å². The van der Waals surface area contributed by atoms with Crippen molar-refractivity contribution in [3.8, 4) is 11.1 Å². The highest BCUT2D eigenvalue weighted by molar-refractivity contribution is 5.95. The normalized spacial score (nSPS) is 10.8. The minimum Gasteiger partial charge on any atom is -0.462 e. The van der Waals surface area contributed by atoms with E-state index in [1.807, 2.05) is 6.92 Å². The summed E-state index contributed by atoms with van der Waals surface area (Å²) in [5.41, 5.74) is 0.234. The number of carbonyl (C=O) groups is 1. The number of esters is 1. The fraction of sp³-hybridized carbons (Fsp3) is 0.200. The molecule has 0 aliphatic carbocycles. The molecule has 144 valence electrons. The molecule has 0 radical (unpaired) electrons. The zero-order chi connectivity index (χ0) is 20.4. The van der Waals surface area contributed by atoms with E-state index >= 15 is 0 Å². The number of nitro benzene ring substituents is 1. The average molecular weight is 384 g/mol. The van der Waals surface area contributed by atoms with Crippen LogP contribution >= 0.6 is 0 Å². The van der Waals surface area contributed by atoms with Crippen molar-refractivity contribution in [1.82, 2.24) is 4.57 Å². The molecule has 8 heteroatoms. The molecular formula is C20H17FN2O5. The second-order valence-electron chi connectivity index (χ2n) is 6.03. The summed E-state index contributed by atoms with van der Waals surface area (Å²) in [7, 11) is 0. The zero-order valence-corrected chi connectivity index (χ0v) is 15.3. The molecule has 0 aliphatic rings. The molecular weight excluding hydrogens is 367 g/mol. The molecule has 0 bridgehead atoms. The molecule has 0 aliphatic heterocycles. The largest absolute Gasteiger partial charge is 0.462 e. The Kier molecular flexibility index (Phi) is 5.21. The SMILES string of the molecule is CCOC(=O)c1cn(CC)c2cc(-c3ccc([N+](=O)[O-])cc3)c(F)cc2c1=O. The third-order valence-electron chi connectivity index (χ3n) is 4.39. The van der Waals surface area contributed by atoms with Crippen LogP contribution in [0.25, 0.3) is 22.0 Å². The number of ether oxygens (including phenoxy) is 1. The highest BCUT2D eigenvalue weighted by atomic mass is 19.1. The summed E-state index contributed by atoms with van der Waals surface area (Å²) in [5.74, 6) is -1.42. The monoisotopic (exact) mass is 384 g/mol. The predicted molar refractivity (Wildman–Crippen MR) is 102 cm³/mol. The van der Waals surface area contributed by atoms with Crippen LogP contribution in [-0.4, -0.2) is 22.1 Å². The lowest BCUT2D eigenvalue weighted by atomic mass is 10.0. The number of non-ortho nitro benzene ring substituents is 1. The molecule has 2 aromatic carbocycles. The second kappa shape index (κ2) is 7.59. The van der Waals surface area contributed by atoms with E-state index in [4.69, 9.17) is 4.74 Å². The van der Waals surface area contributed by atoms with Gasteiger partial charge in [-0.05, 0) is 43.7 Å². The van der Waals surface area contributed by atoms with Gasteiger partial charge in [0, 0.05) is 35.8 Å². The molecule has 1 heterocycles. The topological polar surface area (TPSA) is 91.4 Å². The Morgan fingerprint density at radius 3 is 2.46 bits per heavy atom. The third kappa shape index (κ3) is 3.36. The number of nitro groups is 1. The molecule has 0 amide bonds. The molecule has 0 saturated heterocycles. The summed E-state index contributed by atoms with van der Waals surface area (Å²) < 4.78 is 21.3. The summed E-state index contributed by atoms with van der Waals surface area (Å²) in [6.07, 6.45) is 1.40. The number of aromatic nitrogens is 1. The minimum atomic E-state index is -0.753. The Labute approximate surface area is 159 Å². The fourth-order valence-corrected chi connectivity index (χ4v) is 3.01. The van der Waals surface area contributed by atoms with Gasteiger partial charge in [0.1, 0.15) is 11.4 Å². The van der Waals surface area contributed by atoms with E-state index in [2.05, 4.69) is 0 Å². The molecule has 28 heavy (non-hydrogen) atoms. The highest BCUT2D eigenvalue weighted by Crippen LogP contribution is 2.28. The molecule has 1 aromatic heterocycles. The van der Waals surface area contributed by atoms with E-state index in [0.717, 1.165) is 6.07 Å². The van der Waals surface area contributed by atoms with E-state index in [-0.39, 0.29) is 28.8 Å². The summed E-state index contributed by atoms with van der Waals surface area (Å²) in [6, 6.07) is 8.06. The van der Waals surface area contributed by atoms with Crippen LogP contribution in [0.15, 0.2) is 47.4 Å². The summed E-state index contributed by atoms with van der Waals surface area (Å²) in [6.45, 7) is 4.02. The van der Waals surface area contributed by atoms with Gasteiger partial charge < -0.3 is 9.30 Å². The minimum absolute atomic E-state index is 0.0653. The number of rotatable bonds is 5. The van der Waals surface area contributed by atoms with Gasteiger partial charge in [0.2, 0.25) is 5.43 Å². The number of halogens is 1. The number of pyridine rings is 1. The van der Waals surface area contributed by atoms with Gasteiger partial charge in [-0.1, -0.05) is 0 Å². The predicted octanol–water partition coefficient (Wildman–Crippen LogP) is 3.91. The maximum atomic E-state index is 14.8. The lowest BCUT2D eigenvalue weighted by Gasteiger charge is -2.13. The summed E-state index contributed by atoms with van der Waals surface area (Å²) >= 11 is 0. The van der Waals surface area contributed by atoms with Crippen LogP contribution < -0.4 is 5.43 Å². The molecule has 0 N–H and O–H groups in total. The smallest absolute Gasteiger partial charge is 0.343 e. The first kappa shape index (κ1) is 19.2. The van der Waals surface area contributed by atoms with Crippen LogP contribution in [0.2, 0.25) is 0 Å². The number of hydrogen-bond donors (Lipinski definition) is 0. The van der Waals surface area contributed by atoms with Gasteiger partial charge >= 0.3 is 5.97 Å². The van der Waals surface area contributed by atoms with Gasteiger partial charge in [0.05, 0.1) is 17.0 Å². The van der Waals surface area contributed by atoms with Crippen molar-refractivity contribution in [3.05, 3.63) is 74.3 Å². The van der Waals surface area contributed by atoms with E-state index in [1.54, 1.807) is 11.5 Å². The van der Waals surface area contributed by atoms with Gasteiger partial charge in [-0.2, -0.15) is 0 Å². The number of fused-ring (bicyclic) bond motifs is 1. The molecule has 0 fully saturated rings. The molecule has 3 rings (SSSR count). The van der Waals surface area contributed by atoms with Crippen LogP contribution in [0.1, 0.15) is 24.2 Å². The Balaban J connectivity index is 2.22. The molecule has 0 spiro atoms. The van der Waals surface area contributed by atoms with Gasteiger partial charge in [0.25, 0.3) is 5.69 Å². The van der Waals surface area contributed by atoms with Crippen molar-refractivity contribution in [2.24, 2.45) is 0 Å². The summed E-state index contributed by atoms with van der Waals surface area (Å²) in [5, 5.41) is 10.9. The molecule has 0 saturated carbocycles. The van der Waals surface area contributed by atoms with Crippen LogP contribution in [0.3, 0.4) is 0 Å². The van der Waals surface area contributed by atoms with Crippen molar-refractivity contribution < 1.29 is 18.8 Å². The number of aryl methyl sites for hydroxylation is 1. The number of hydrogen-bond acceptors (Lipinski definition) is 5. The fourth-order valence-electron chi connectivity index (χ4n) is 3.01. The number of nitrogens with zero attached hydrogens (tertiary/aromatic N) is 2. The Morgan fingerprint density at radius 1 is 1.21 bits per heavy atom. The van der Waals surface area contributed by atoms with Crippen molar-refractivity contribution in [2.75, 3.05) is 6.61 Å². The quantitative estimate of drug-likeness (QED) is 0.378.